The van der Waals surface area contributed by atoms with Crippen LogP contribution in [-0.2, 0) is 10.9 Å². The normalized spacial score (nSPS) is 11.7. The molecule has 2 rings (SSSR count). The van der Waals surface area contributed by atoms with Crippen LogP contribution < -0.4 is 0 Å². The van der Waals surface area contributed by atoms with Crippen molar-refractivity contribution in [3.63, 3.8) is 0 Å². The zero-order valence-electron chi connectivity index (χ0n) is 12.1. The molecule has 0 atom stereocenters. The predicted octanol–water partition coefficient (Wildman–Crippen LogP) is 3.62. The van der Waals surface area contributed by atoms with Gasteiger partial charge in [0.2, 0.25) is 5.88 Å². The standard InChI is InChI=1S/C15H14F3NO4/c1-2-3-6-23-14(22)11-12(20)10-7-8(15(16,17)18)4-5-9(10)13(21)19-11/h4-5,7,20H,2-3,6H2,1H3,(H,19,21). The Hall–Kier alpha value is -2.51. The van der Waals surface area contributed by atoms with E-state index in [4.69, 9.17) is 4.74 Å². The molecule has 1 aromatic carbocycles. The predicted molar refractivity (Wildman–Crippen MR) is 75.3 cm³/mol. The van der Waals surface area contributed by atoms with Crippen LogP contribution in [0.3, 0.4) is 0 Å². The number of benzene rings is 1. The minimum absolute atomic E-state index is 0.0812. The van der Waals surface area contributed by atoms with E-state index in [0.717, 1.165) is 18.6 Å². The van der Waals surface area contributed by atoms with Crippen LogP contribution in [0.4, 0.5) is 13.2 Å². The van der Waals surface area contributed by atoms with Crippen molar-refractivity contribution in [3.8, 4) is 11.6 Å². The van der Waals surface area contributed by atoms with Crippen LogP contribution in [0.15, 0.2) is 18.2 Å². The highest BCUT2D eigenvalue weighted by Gasteiger charge is 2.31. The monoisotopic (exact) mass is 329 g/mol. The van der Waals surface area contributed by atoms with Crippen LogP contribution in [0.1, 0.15) is 35.8 Å². The second-order valence-electron chi connectivity index (χ2n) is 4.88. The van der Waals surface area contributed by atoms with Crippen molar-refractivity contribution >= 4 is 16.7 Å². The Kier molecular flexibility index (Phi) is 4.63. The van der Waals surface area contributed by atoms with Crippen LogP contribution in [0.25, 0.3) is 10.8 Å². The number of carbonyl (C=O) groups excluding carboxylic acids is 1. The number of ether oxygens (including phenoxy) is 1. The molecule has 1 heterocycles. The summed E-state index contributed by atoms with van der Waals surface area (Å²) in [4.78, 5) is 15.4. The summed E-state index contributed by atoms with van der Waals surface area (Å²) in [5.41, 5.74) is -1.64. The number of alkyl halides is 3. The molecule has 0 radical (unpaired) electrons. The van der Waals surface area contributed by atoms with Crippen molar-refractivity contribution in [1.82, 2.24) is 4.98 Å². The number of hydrogen-bond donors (Lipinski definition) is 2. The van der Waals surface area contributed by atoms with Gasteiger partial charge in [-0.2, -0.15) is 13.2 Å². The summed E-state index contributed by atoms with van der Waals surface area (Å²) in [6, 6.07) is 2.38. The third kappa shape index (κ3) is 3.46. The Morgan fingerprint density at radius 2 is 1.96 bits per heavy atom. The van der Waals surface area contributed by atoms with E-state index in [0.29, 0.717) is 12.5 Å². The summed E-state index contributed by atoms with van der Waals surface area (Å²) in [7, 11) is 0. The lowest BCUT2D eigenvalue weighted by Crippen LogP contribution is -2.09. The molecule has 0 amide bonds. The number of aromatic hydroxyl groups is 2. The van der Waals surface area contributed by atoms with E-state index in [-0.39, 0.29) is 17.4 Å². The number of rotatable bonds is 4. The fourth-order valence-electron chi connectivity index (χ4n) is 1.98. The van der Waals surface area contributed by atoms with Crippen molar-refractivity contribution in [2.45, 2.75) is 25.9 Å². The van der Waals surface area contributed by atoms with Gasteiger partial charge in [-0.1, -0.05) is 13.3 Å². The van der Waals surface area contributed by atoms with Crippen molar-refractivity contribution in [1.29, 1.82) is 0 Å². The zero-order chi connectivity index (χ0) is 17.2. The van der Waals surface area contributed by atoms with Gasteiger partial charge in [0.15, 0.2) is 11.4 Å². The molecule has 0 spiro atoms. The lowest BCUT2D eigenvalue weighted by atomic mass is 10.1. The Labute approximate surface area is 129 Å². The lowest BCUT2D eigenvalue weighted by molar-refractivity contribution is -0.137. The van der Waals surface area contributed by atoms with Gasteiger partial charge in [0.25, 0.3) is 0 Å². The van der Waals surface area contributed by atoms with Crippen LogP contribution >= 0.6 is 0 Å². The molecule has 0 unspecified atom stereocenters. The molecule has 0 aliphatic carbocycles. The Bertz CT molecular complexity index is 744. The molecule has 0 fully saturated rings. The fraction of sp³-hybridized carbons (Fsp3) is 0.333. The van der Waals surface area contributed by atoms with Gasteiger partial charge in [-0.3, -0.25) is 0 Å². The Morgan fingerprint density at radius 3 is 2.57 bits per heavy atom. The first-order chi connectivity index (χ1) is 10.8. The molecule has 2 N–H and O–H groups in total. The molecular formula is C15H14F3NO4. The summed E-state index contributed by atoms with van der Waals surface area (Å²) in [6.07, 6.45) is -3.27. The molecule has 124 valence electrons. The summed E-state index contributed by atoms with van der Waals surface area (Å²) < 4.78 is 43.1. The van der Waals surface area contributed by atoms with Crippen molar-refractivity contribution in [3.05, 3.63) is 29.5 Å². The van der Waals surface area contributed by atoms with Gasteiger partial charge in [0, 0.05) is 10.8 Å². The van der Waals surface area contributed by atoms with E-state index in [9.17, 15) is 28.2 Å². The quantitative estimate of drug-likeness (QED) is 0.661. The number of nitrogens with zero attached hydrogens (tertiary/aromatic N) is 1. The molecule has 1 aromatic heterocycles. The van der Waals surface area contributed by atoms with Gasteiger partial charge in [-0.15, -0.1) is 0 Å². The highest BCUT2D eigenvalue weighted by atomic mass is 19.4. The maximum atomic E-state index is 12.8. The van der Waals surface area contributed by atoms with E-state index < -0.39 is 35.0 Å². The molecular weight excluding hydrogens is 315 g/mol. The second kappa shape index (κ2) is 6.31. The Balaban J connectivity index is 2.51. The number of unbranched alkanes of at least 4 members (excludes halogenated alkanes) is 1. The SMILES string of the molecule is CCCCOC(=O)c1nc(O)c2ccc(C(F)(F)F)cc2c1O. The van der Waals surface area contributed by atoms with Gasteiger partial charge in [0.05, 0.1) is 12.2 Å². The van der Waals surface area contributed by atoms with Gasteiger partial charge in [0.1, 0.15) is 0 Å². The van der Waals surface area contributed by atoms with Gasteiger partial charge < -0.3 is 14.9 Å². The smallest absolute Gasteiger partial charge is 0.416 e. The first kappa shape index (κ1) is 16.9. The number of pyridine rings is 1. The molecule has 0 saturated heterocycles. The second-order valence-corrected chi connectivity index (χ2v) is 4.88. The van der Waals surface area contributed by atoms with Gasteiger partial charge >= 0.3 is 12.1 Å². The minimum Gasteiger partial charge on any atom is -0.505 e. The molecule has 0 bridgehead atoms. The molecule has 0 aliphatic heterocycles. The largest absolute Gasteiger partial charge is 0.505 e. The van der Waals surface area contributed by atoms with Crippen molar-refractivity contribution < 1.29 is 32.9 Å². The maximum Gasteiger partial charge on any atom is 0.416 e. The first-order valence-electron chi connectivity index (χ1n) is 6.85. The highest BCUT2D eigenvalue weighted by molar-refractivity contribution is 6.01. The molecule has 0 saturated carbocycles. The number of esters is 1. The minimum atomic E-state index is -4.62. The fourth-order valence-corrected chi connectivity index (χ4v) is 1.98. The number of aromatic nitrogens is 1. The van der Waals surface area contributed by atoms with E-state index in [2.05, 4.69) is 4.98 Å². The Morgan fingerprint density at radius 1 is 1.26 bits per heavy atom. The first-order valence-corrected chi connectivity index (χ1v) is 6.85. The van der Waals surface area contributed by atoms with Crippen LogP contribution in [0.5, 0.6) is 11.6 Å². The van der Waals surface area contributed by atoms with Gasteiger partial charge in [-0.25, -0.2) is 9.78 Å². The summed E-state index contributed by atoms with van der Waals surface area (Å²) in [5, 5.41) is 19.4. The number of hydrogen-bond acceptors (Lipinski definition) is 5. The topological polar surface area (TPSA) is 79.7 Å². The van der Waals surface area contributed by atoms with Crippen LogP contribution in [0, 0.1) is 0 Å². The molecule has 8 heteroatoms. The highest BCUT2D eigenvalue weighted by Crippen LogP contribution is 2.38. The molecule has 23 heavy (non-hydrogen) atoms. The number of fused-ring (bicyclic) bond motifs is 1. The zero-order valence-corrected chi connectivity index (χ0v) is 12.1. The summed E-state index contributed by atoms with van der Waals surface area (Å²) >= 11 is 0. The third-order valence-electron chi connectivity index (χ3n) is 3.21. The molecule has 2 aromatic rings. The van der Waals surface area contributed by atoms with Crippen molar-refractivity contribution in [2.24, 2.45) is 0 Å². The van der Waals surface area contributed by atoms with E-state index in [1.165, 1.54) is 0 Å². The average Bonchev–Trinajstić information content (AvgIpc) is 2.49. The molecule has 0 aliphatic rings. The average molecular weight is 329 g/mol. The molecule has 5 nitrogen and oxygen atoms in total. The van der Waals surface area contributed by atoms with Crippen LogP contribution in [0.2, 0.25) is 0 Å². The maximum absolute atomic E-state index is 12.8. The number of halogens is 3. The van der Waals surface area contributed by atoms with E-state index in [1.807, 2.05) is 6.92 Å². The van der Waals surface area contributed by atoms with E-state index >= 15 is 0 Å². The van der Waals surface area contributed by atoms with Crippen molar-refractivity contribution in [2.75, 3.05) is 6.61 Å². The summed E-state index contributed by atoms with van der Waals surface area (Å²) in [6.45, 7) is 1.96. The third-order valence-corrected chi connectivity index (χ3v) is 3.21. The van der Waals surface area contributed by atoms with Crippen LogP contribution in [-0.4, -0.2) is 27.8 Å². The lowest BCUT2D eigenvalue weighted by Gasteiger charge is -2.11. The summed E-state index contributed by atoms with van der Waals surface area (Å²) in [5.74, 6) is -2.43. The van der Waals surface area contributed by atoms with E-state index in [1.54, 1.807) is 0 Å². The number of carbonyl (C=O) groups is 1. The van der Waals surface area contributed by atoms with Gasteiger partial charge in [-0.05, 0) is 24.6 Å².